The van der Waals surface area contributed by atoms with Gasteiger partial charge in [-0.3, -0.25) is 9.59 Å². The van der Waals surface area contributed by atoms with Crippen molar-refractivity contribution >= 4 is 17.8 Å². The molecule has 0 saturated carbocycles. The third-order valence-electron chi connectivity index (χ3n) is 4.54. The van der Waals surface area contributed by atoms with Crippen molar-refractivity contribution in [1.29, 1.82) is 0 Å². The molecule has 0 unspecified atom stereocenters. The Morgan fingerprint density at radius 3 is 1.90 bits per heavy atom. The highest BCUT2D eigenvalue weighted by Crippen LogP contribution is 2.19. The number of primary amides is 1. The van der Waals surface area contributed by atoms with Gasteiger partial charge in [0.05, 0.1) is 5.56 Å². The predicted octanol–water partition coefficient (Wildman–Crippen LogP) is 2.88. The fourth-order valence-corrected chi connectivity index (χ4v) is 2.93. The number of benzene rings is 3. The van der Waals surface area contributed by atoms with E-state index >= 15 is 0 Å². The quantitative estimate of drug-likeness (QED) is 0.578. The summed E-state index contributed by atoms with van der Waals surface area (Å²) in [5, 5.41) is 11.6. The standard InChI is InChI=1S/C23H20N2O4/c24-21(26)20(14-15-6-8-19(9-7-15)23(28)29)25-22(27)18-12-10-17(11-13-18)16-4-2-1-3-5-16/h1-13,20H,14H2,(H2,24,26)(H,25,27)(H,28,29)/t20-/m0/s1. The summed E-state index contributed by atoms with van der Waals surface area (Å²) in [6.07, 6.45) is 0.170. The summed E-state index contributed by atoms with van der Waals surface area (Å²) in [5.41, 5.74) is 8.71. The zero-order valence-corrected chi connectivity index (χ0v) is 15.5. The fourth-order valence-electron chi connectivity index (χ4n) is 2.93. The average Bonchev–Trinajstić information content (AvgIpc) is 2.74. The highest BCUT2D eigenvalue weighted by Gasteiger charge is 2.20. The first kappa shape index (κ1) is 19.8. The Kier molecular flexibility index (Phi) is 6.04. The molecule has 0 aromatic heterocycles. The van der Waals surface area contributed by atoms with Gasteiger partial charge in [-0.25, -0.2) is 4.79 Å². The van der Waals surface area contributed by atoms with Gasteiger partial charge in [-0.15, -0.1) is 0 Å². The van der Waals surface area contributed by atoms with Gasteiger partial charge in [-0.1, -0.05) is 54.6 Å². The summed E-state index contributed by atoms with van der Waals surface area (Å²) in [6, 6.07) is 22.0. The number of aromatic carboxylic acids is 1. The number of carboxylic acids is 1. The van der Waals surface area contributed by atoms with Crippen LogP contribution in [0.15, 0.2) is 78.9 Å². The molecule has 0 aliphatic heterocycles. The molecule has 146 valence electrons. The SMILES string of the molecule is NC(=O)[C@H](Cc1ccc(C(=O)O)cc1)NC(=O)c1ccc(-c2ccccc2)cc1. The number of nitrogens with two attached hydrogens (primary N) is 1. The lowest BCUT2D eigenvalue weighted by atomic mass is 10.0. The Hall–Kier alpha value is -3.93. The number of carbonyl (C=O) groups excluding carboxylic acids is 2. The van der Waals surface area contributed by atoms with E-state index in [4.69, 9.17) is 10.8 Å². The van der Waals surface area contributed by atoms with Crippen LogP contribution in [-0.2, 0) is 11.2 Å². The highest BCUT2D eigenvalue weighted by molar-refractivity contribution is 5.97. The summed E-state index contributed by atoms with van der Waals surface area (Å²) in [5.74, 6) is -2.10. The van der Waals surface area contributed by atoms with Crippen molar-refractivity contribution in [1.82, 2.24) is 5.32 Å². The van der Waals surface area contributed by atoms with Crippen LogP contribution in [0.25, 0.3) is 11.1 Å². The second-order valence-corrected chi connectivity index (χ2v) is 6.58. The summed E-state index contributed by atoms with van der Waals surface area (Å²) in [4.78, 5) is 35.3. The molecule has 0 saturated heterocycles. The minimum atomic E-state index is -1.03. The molecule has 6 nitrogen and oxygen atoms in total. The number of amides is 2. The first-order chi connectivity index (χ1) is 13.9. The Balaban J connectivity index is 1.69. The van der Waals surface area contributed by atoms with E-state index in [-0.39, 0.29) is 12.0 Å². The van der Waals surface area contributed by atoms with Gasteiger partial charge in [-0.05, 0) is 41.0 Å². The monoisotopic (exact) mass is 388 g/mol. The Morgan fingerprint density at radius 1 is 0.793 bits per heavy atom. The predicted molar refractivity (Wildman–Crippen MR) is 109 cm³/mol. The second kappa shape index (κ2) is 8.84. The lowest BCUT2D eigenvalue weighted by Gasteiger charge is -2.16. The molecular formula is C23H20N2O4. The van der Waals surface area contributed by atoms with Gasteiger partial charge in [-0.2, -0.15) is 0 Å². The largest absolute Gasteiger partial charge is 0.478 e. The molecular weight excluding hydrogens is 368 g/mol. The molecule has 0 bridgehead atoms. The van der Waals surface area contributed by atoms with Crippen LogP contribution in [-0.4, -0.2) is 28.9 Å². The van der Waals surface area contributed by atoms with Crippen LogP contribution in [0.4, 0.5) is 0 Å². The fraction of sp³-hybridized carbons (Fsp3) is 0.0870. The maximum atomic E-state index is 12.5. The molecule has 3 rings (SSSR count). The molecule has 0 fully saturated rings. The number of hydrogen-bond acceptors (Lipinski definition) is 3. The Morgan fingerprint density at radius 2 is 1.34 bits per heavy atom. The van der Waals surface area contributed by atoms with E-state index in [0.717, 1.165) is 11.1 Å². The number of carbonyl (C=O) groups is 3. The minimum Gasteiger partial charge on any atom is -0.478 e. The molecule has 1 atom stereocenters. The van der Waals surface area contributed by atoms with E-state index in [2.05, 4.69) is 5.32 Å². The normalized spacial score (nSPS) is 11.4. The van der Waals surface area contributed by atoms with Crippen LogP contribution in [0.2, 0.25) is 0 Å². The number of hydrogen-bond donors (Lipinski definition) is 3. The average molecular weight is 388 g/mol. The second-order valence-electron chi connectivity index (χ2n) is 6.58. The van der Waals surface area contributed by atoms with Gasteiger partial charge < -0.3 is 16.2 Å². The first-order valence-electron chi connectivity index (χ1n) is 9.02. The minimum absolute atomic E-state index is 0.145. The van der Waals surface area contributed by atoms with E-state index in [9.17, 15) is 14.4 Å². The van der Waals surface area contributed by atoms with Gasteiger partial charge in [0.2, 0.25) is 5.91 Å². The van der Waals surface area contributed by atoms with E-state index in [0.29, 0.717) is 11.1 Å². The topological polar surface area (TPSA) is 109 Å². The molecule has 0 radical (unpaired) electrons. The van der Waals surface area contributed by atoms with Crippen LogP contribution >= 0.6 is 0 Å². The summed E-state index contributed by atoms with van der Waals surface area (Å²) in [6.45, 7) is 0. The zero-order valence-electron chi connectivity index (χ0n) is 15.5. The van der Waals surface area contributed by atoms with Crippen LogP contribution in [0, 0.1) is 0 Å². The lowest BCUT2D eigenvalue weighted by molar-refractivity contribution is -0.119. The molecule has 0 aliphatic rings. The number of nitrogens with one attached hydrogen (secondary N) is 1. The van der Waals surface area contributed by atoms with Crippen molar-refractivity contribution in [2.24, 2.45) is 5.73 Å². The third-order valence-corrected chi connectivity index (χ3v) is 4.54. The maximum absolute atomic E-state index is 12.5. The van der Waals surface area contributed by atoms with Crippen LogP contribution in [0.3, 0.4) is 0 Å². The molecule has 0 aliphatic carbocycles. The highest BCUT2D eigenvalue weighted by atomic mass is 16.4. The van der Waals surface area contributed by atoms with Crippen molar-refractivity contribution in [2.45, 2.75) is 12.5 Å². The maximum Gasteiger partial charge on any atom is 0.335 e. The van der Waals surface area contributed by atoms with Gasteiger partial charge in [0.25, 0.3) is 5.91 Å². The van der Waals surface area contributed by atoms with Crippen molar-refractivity contribution in [3.8, 4) is 11.1 Å². The smallest absolute Gasteiger partial charge is 0.335 e. The van der Waals surface area contributed by atoms with Gasteiger partial charge in [0, 0.05) is 12.0 Å². The van der Waals surface area contributed by atoms with E-state index in [1.54, 1.807) is 24.3 Å². The lowest BCUT2D eigenvalue weighted by Crippen LogP contribution is -2.45. The molecule has 29 heavy (non-hydrogen) atoms. The zero-order chi connectivity index (χ0) is 20.8. The van der Waals surface area contributed by atoms with Crippen molar-refractivity contribution < 1.29 is 19.5 Å². The molecule has 6 heteroatoms. The summed E-state index contributed by atoms with van der Waals surface area (Å²) >= 11 is 0. The van der Waals surface area contributed by atoms with Gasteiger partial charge in [0.15, 0.2) is 0 Å². The molecule has 3 aromatic carbocycles. The van der Waals surface area contributed by atoms with E-state index < -0.39 is 23.8 Å². The van der Waals surface area contributed by atoms with E-state index in [1.165, 1.54) is 12.1 Å². The molecule has 4 N–H and O–H groups in total. The molecule has 3 aromatic rings. The van der Waals surface area contributed by atoms with E-state index in [1.807, 2.05) is 42.5 Å². The van der Waals surface area contributed by atoms with Crippen LogP contribution in [0.1, 0.15) is 26.3 Å². The number of carboxylic acid groups (broad SMARTS) is 1. The molecule has 0 heterocycles. The molecule has 0 spiro atoms. The Labute approximate surface area is 168 Å². The van der Waals surface area contributed by atoms with Crippen molar-refractivity contribution in [3.05, 3.63) is 95.6 Å². The first-order valence-corrected chi connectivity index (χ1v) is 9.02. The van der Waals surface area contributed by atoms with Crippen molar-refractivity contribution in [2.75, 3.05) is 0 Å². The summed E-state index contributed by atoms with van der Waals surface area (Å²) in [7, 11) is 0. The van der Waals surface area contributed by atoms with Gasteiger partial charge >= 0.3 is 5.97 Å². The Bertz CT molecular complexity index is 1010. The van der Waals surface area contributed by atoms with Crippen LogP contribution < -0.4 is 11.1 Å². The van der Waals surface area contributed by atoms with Gasteiger partial charge in [0.1, 0.15) is 6.04 Å². The summed E-state index contributed by atoms with van der Waals surface area (Å²) < 4.78 is 0. The van der Waals surface area contributed by atoms with Crippen molar-refractivity contribution in [3.63, 3.8) is 0 Å². The third kappa shape index (κ3) is 5.07. The molecule has 2 amide bonds. The van der Waals surface area contributed by atoms with Crippen LogP contribution in [0.5, 0.6) is 0 Å². The number of rotatable bonds is 7.